The van der Waals surface area contributed by atoms with E-state index in [0.29, 0.717) is 24.6 Å². The van der Waals surface area contributed by atoms with Gasteiger partial charge in [0.25, 0.3) is 0 Å². The fraction of sp³-hybridized carbons (Fsp3) is 0.208. The summed E-state index contributed by atoms with van der Waals surface area (Å²) < 4.78 is 32.9. The number of ether oxygens (including phenoxy) is 1. The van der Waals surface area contributed by atoms with Gasteiger partial charge in [0.15, 0.2) is 5.75 Å². The number of carbonyl (C=O) groups excluding carboxylic acids is 1. The van der Waals surface area contributed by atoms with Gasteiger partial charge in [0.1, 0.15) is 5.75 Å². The zero-order valence-corrected chi connectivity index (χ0v) is 18.4. The SMILES string of the molecule is O=C(CNc1ccccc1Oc1ccccc1)N1CCN(S(=O)(=O)c2ccccc2)CC1. The Morgan fingerprint density at radius 3 is 2.09 bits per heavy atom. The molecule has 8 heteroatoms. The first kappa shape index (κ1) is 21.9. The van der Waals surface area contributed by atoms with Crippen LogP contribution in [0.5, 0.6) is 11.5 Å². The number of nitrogens with zero attached hydrogens (tertiary/aromatic N) is 2. The summed E-state index contributed by atoms with van der Waals surface area (Å²) in [6.07, 6.45) is 0. The lowest BCUT2D eigenvalue weighted by Gasteiger charge is -2.34. The highest BCUT2D eigenvalue weighted by molar-refractivity contribution is 7.89. The molecular weight excluding hydrogens is 426 g/mol. The van der Waals surface area contributed by atoms with Crippen LogP contribution in [0.1, 0.15) is 0 Å². The topological polar surface area (TPSA) is 79.0 Å². The van der Waals surface area contributed by atoms with Crippen LogP contribution in [0.2, 0.25) is 0 Å². The molecule has 0 aromatic heterocycles. The summed E-state index contributed by atoms with van der Waals surface area (Å²) in [6, 6.07) is 25.3. The number of hydrogen-bond donors (Lipinski definition) is 1. The third kappa shape index (κ3) is 5.09. The van der Waals surface area contributed by atoms with Crippen LogP contribution in [0.3, 0.4) is 0 Å². The van der Waals surface area contributed by atoms with Gasteiger partial charge in [-0.15, -0.1) is 0 Å². The molecule has 1 aliphatic heterocycles. The zero-order valence-electron chi connectivity index (χ0n) is 17.6. The second-order valence-corrected chi connectivity index (χ2v) is 9.30. The summed E-state index contributed by atoms with van der Waals surface area (Å²) in [5.41, 5.74) is 0.718. The Hall–Kier alpha value is -3.36. The number of anilines is 1. The molecule has 1 heterocycles. The maximum Gasteiger partial charge on any atom is 0.243 e. The Morgan fingerprint density at radius 2 is 1.41 bits per heavy atom. The molecule has 0 aliphatic carbocycles. The standard InChI is InChI=1S/C24H25N3O4S/c28-24(19-25-22-13-7-8-14-23(22)31-20-9-3-1-4-10-20)26-15-17-27(18-16-26)32(29,30)21-11-5-2-6-12-21/h1-14,25H,15-19H2. The van der Waals surface area contributed by atoms with Crippen LogP contribution >= 0.6 is 0 Å². The number of carbonyl (C=O) groups is 1. The molecule has 3 aromatic rings. The summed E-state index contributed by atoms with van der Waals surface area (Å²) in [7, 11) is -3.54. The van der Waals surface area contributed by atoms with Gasteiger partial charge in [-0.2, -0.15) is 4.31 Å². The minimum atomic E-state index is -3.54. The third-order valence-corrected chi connectivity index (χ3v) is 7.17. The first-order chi connectivity index (χ1) is 15.5. The molecule has 1 N–H and O–H groups in total. The van der Waals surface area contributed by atoms with Crippen LogP contribution < -0.4 is 10.1 Å². The van der Waals surface area contributed by atoms with Crippen molar-refractivity contribution in [2.24, 2.45) is 0 Å². The molecule has 4 rings (SSSR count). The van der Waals surface area contributed by atoms with Crippen molar-refractivity contribution >= 4 is 21.6 Å². The molecule has 1 fully saturated rings. The molecule has 7 nitrogen and oxygen atoms in total. The fourth-order valence-electron chi connectivity index (χ4n) is 3.52. The van der Waals surface area contributed by atoms with E-state index in [-0.39, 0.29) is 30.4 Å². The molecule has 0 radical (unpaired) electrons. The van der Waals surface area contributed by atoms with E-state index >= 15 is 0 Å². The van der Waals surface area contributed by atoms with E-state index in [1.165, 1.54) is 4.31 Å². The lowest BCUT2D eigenvalue weighted by molar-refractivity contribution is -0.130. The number of rotatable bonds is 7. The van der Waals surface area contributed by atoms with Gasteiger partial charge < -0.3 is 15.0 Å². The van der Waals surface area contributed by atoms with Gasteiger partial charge in [-0.05, 0) is 36.4 Å². The molecule has 0 saturated carbocycles. The average molecular weight is 452 g/mol. The van der Waals surface area contributed by atoms with Crippen LogP contribution in [-0.4, -0.2) is 56.3 Å². The van der Waals surface area contributed by atoms with Gasteiger partial charge in [-0.1, -0.05) is 48.5 Å². The van der Waals surface area contributed by atoms with E-state index in [1.807, 2.05) is 54.6 Å². The van der Waals surface area contributed by atoms with Crippen molar-refractivity contribution in [3.8, 4) is 11.5 Å². The van der Waals surface area contributed by atoms with Crippen molar-refractivity contribution in [3.63, 3.8) is 0 Å². The predicted octanol–water partition coefficient (Wildman–Crippen LogP) is 3.42. The Morgan fingerprint density at radius 1 is 0.812 bits per heavy atom. The molecule has 0 atom stereocenters. The highest BCUT2D eigenvalue weighted by Gasteiger charge is 2.29. The van der Waals surface area contributed by atoms with E-state index in [4.69, 9.17) is 4.74 Å². The van der Waals surface area contributed by atoms with Gasteiger partial charge in [-0.3, -0.25) is 4.79 Å². The largest absolute Gasteiger partial charge is 0.455 e. The van der Waals surface area contributed by atoms with E-state index in [0.717, 1.165) is 5.69 Å². The lowest BCUT2D eigenvalue weighted by atomic mass is 10.2. The van der Waals surface area contributed by atoms with E-state index < -0.39 is 10.0 Å². The molecule has 3 aromatic carbocycles. The number of amides is 1. The predicted molar refractivity (Wildman–Crippen MR) is 123 cm³/mol. The number of hydrogen-bond acceptors (Lipinski definition) is 5. The van der Waals surface area contributed by atoms with Crippen LogP contribution in [-0.2, 0) is 14.8 Å². The number of para-hydroxylation sites is 3. The zero-order chi connectivity index (χ0) is 22.4. The monoisotopic (exact) mass is 451 g/mol. The molecule has 0 bridgehead atoms. The van der Waals surface area contributed by atoms with Crippen molar-refractivity contribution < 1.29 is 17.9 Å². The van der Waals surface area contributed by atoms with Gasteiger partial charge in [0.05, 0.1) is 17.1 Å². The molecular formula is C24H25N3O4S. The fourth-order valence-corrected chi connectivity index (χ4v) is 4.96. The van der Waals surface area contributed by atoms with E-state index in [1.54, 1.807) is 35.2 Å². The van der Waals surface area contributed by atoms with Gasteiger partial charge >= 0.3 is 0 Å². The van der Waals surface area contributed by atoms with Crippen LogP contribution in [0, 0.1) is 0 Å². The summed E-state index contributed by atoms with van der Waals surface area (Å²) >= 11 is 0. The average Bonchev–Trinajstić information content (AvgIpc) is 2.84. The van der Waals surface area contributed by atoms with Gasteiger partial charge in [0.2, 0.25) is 15.9 Å². The van der Waals surface area contributed by atoms with Crippen molar-refractivity contribution in [1.29, 1.82) is 0 Å². The molecule has 32 heavy (non-hydrogen) atoms. The van der Waals surface area contributed by atoms with Gasteiger partial charge in [0, 0.05) is 26.2 Å². The van der Waals surface area contributed by atoms with Crippen LogP contribution in [0.15, 0.2) is 89.8 Å². The van der Waals surface area contributed by atoms with Gasteiger partial charge in [-0.25, -0.2) is 8.42 Å². The highest BCUT2D eigenvalue weighted by Crippen LogP contribution is 2.29. The maximum atomic E-state index is 12.8. The second-order valence-electron chi connectivity index (χ2n) is 7.36. The Kier molecular flexibility index (Phi) is 6.72. The molecule has 166 valence electrons. The van der Waals surface area contributed by atoms with Crippen molar-refractivity contribution in [2.75, 3.05) is 38.0 Å². The van der Waals surface area contributed by atoms with Crippen molar-refractivity contribution in [3.05, 3.63) is 84.9 Å². The maximum absolute atomic E-state index is 12.8. The van der Waals surface area contributed by atoms with Crippen molar-refractivity contribution in [2.45, 2.75) is 4.90 Å². The third-order valence-electron chi connectivity index (χ3n) is 5.26. The highest BCUT2D eigenvalue weighted by atomic mass is 32.2. The quantitative estimate of drug-likeness (QED) is 0.596. The van der Waals surface area contributed by atoms with E-state index in [9.17, 15) is 13.2 Å². The Labute approximate surface area is 188 Å². The minimum Gasteiger partial charge on any atom is -0.455 e. The van der Waals surface area contributed by atoms with E-state index in [2.05, 4.69) is 5.32 Å². The smallest absolute Gasteiger partial charge is 0.243 e. The first-order valence-corrected chi connectivity index (χ1v) is 11.9. The molecule has 0 spiro atoms. The normalized spacial score (nSPS) is 14.7. The lowest BCUT2D eigenvalue weighted by Crippen LogP contribution is -2.51. The molecule has 0 unspecified atom stereocenters. The summed E-state index contributed by atoms with van der Waals surface area (Å²) in [5, 5.41) is 3.15. The number of sulfonamides is 1. The summed E-state index contributed by atoms with van der Waals surface area (Å²) in [6.45, 7) is 1.36. The van der Waals surface area contributed by atoms with Crippen LogP contribution in [0.25, 0.3) is 0 Å². The molecule has 1 amide bonds. The van der Waals surface area contributed by atoms with Crippen LogP contribution in [0.4, 0.5) is 5.69 Å². The number of nitrogens with one attached hydrogen (secondary N) is 1. The minimum absolute atomic E-state index is 0.0868. The molecule has 1 aliphatic rings. The molecule has 1 saturated heterocycles. The summed E-state index contributed by atoms with van der Waals surface area (Å²) in [4.78, 5) is 14.7. The number of piperazine rings is 1. The number of benzene rings is 3. The first-order valence-electron chi connectivity index (χ1n) is 10.4. The van der Waals surface area contributed by atoms with Crippen molar-refractivity contribution in [1.82, 2.24) is 9.21 Å². The Balaban J connectivity index is 1.33. The summed E-state index contributed by atoms with van der Waals surface area (Å²) in [5.74, 6) is 1.25. The Bertz CT molecular complexity index is 1150. The second kappa shape index (κ2) is 9.84.